The van der Waals surface area contributed by atoms with Gasteiger partial charge in [-0.2, -0.15) is 4.31 Å². The summed E-state index contributed by atoms with van der Waals surface area (Å²) in [5.41, 5.74) is 0. The molecule has 2 aliphatic rings. The molecule has 1 aliphatic carbocycles. The normalized spacial score (nSPS) is 29.0. The number of hydrogen-bond acceptors (Lipinski definition) is 3. The molecule has 1 aromatic rings. The van der Waals surface area contributed by atoms with Gasteiger partial charge in [-0.3, -0.25) is 0 Å². The van der Waals surface area contributed by atoms with Crippen molar-refractivity contribution < 1.29 is 8.42 Å². The summed E-state index contributed by atoms with van der Waals surface area (Å²) < 4.78 is 26.8. The molecule has 3 rings (SSSR count). The molecule has 0 aromatic carbocycles. The number of fused-ring (bicyclic) bond motifs is 2. The molecular weight excluding hydrogens is 278 g/mol. The van der Waals surface area contributed by atoms with Gasteiger partial charge in [0.1, 0.15) is 0 Å². The van der Waals surface area contributed by atoms with Crippen LogP contribution in [0.25, 0.3) is 0 Å². The second-order valence-electron chi connectivity index (χ2n) is 4.75. The first-order valence-corrected chi connectivity index (χ1v) is 8.62. The molecule has 2 unspecified atom stereocenters. The lowest BCUT2D eigenvalue weighted by Gasteiger charge is -2.26. The van der Waals surface area contributed by atoms with Crippen molar-refractivity contribution in [3.05, 3.63) is 16.3 Å². The highest BCUT2D eigenvalue weighted by atomic mass is 35.5. The zero-order valence-corrected chi connectivity index (χ0v) is 11.7. The molecule has 17 heavy (non-hydrogen) atoms. The fourth-order valence-electron chi connectivity index (χ4n) is 2.96. The van der Waals surface area contributed by atoms with Crippen LogP contribution in [-0.4, -0.2) is 25.3 Å². The van der Waals surface area contributed by atoms with Gasteiger partial charge in [0.05, 0.1) is 10.8 Å². The lowest BCUT2D eigenvalue weighted by Crippen LogP contribution is -2.37. The Kier molecular flexibility index (Phi) is 2.97. The molecular formula is C11H14ClNO2S2. The van der Waals surface area contributed by atoms with Crippen molar-refractivity contribution in [2.75, 3.05) is 6.54 Å². The van der Waals surface area contributed by atoms with Crippen LogP contribution in [0.1, 0.15) is 24.1 Å². The predicted molar refractivity (Wildman–Crippen MR) is 68.9 cm³/mol. The number of sulfonamides is 1. The fourth-order valence-corrected chi connectivity index (χ4v) is 6.37. The SMILES string of the molecule is O=S(=O)(c1ccsc1CCl)N1CC2CCC1C2. The van der Waals surface area contributed by atoms with Crippen molar-refractivity contribution in [1.82, 2.24) is 4.31 Å². The Labute approximate surface area is 110 Å². The summed E-state index contributed by atoms with van der Waals surface area (Å²) >= 11 is 7.21. The Morgan fingerprint density at radius 3 is 2.88 bits per heavy atom. The Bertz CT molecular complexity index is 525. The van der Waals surface area contributed by atoms with E-state index in [9.17, 15) is 8.42 Å². The largest absolute Gasteiger partial charge is 0.244 e. The third-order valence-electron chi connectivity index (χ3n) is 3.77. The molecule has 2 fully saturated rings. The Morgan fingerprint density at radius 1 is 1.47 bits per heavy atom. The molecule has 1 aliphatic heterocycles. The maximum Gasteiger partial charge on any atom is 0.244 e. The monoisotopic (exact) mass is 291 g/mol. The average molecular weight is 292 g/mol. The highest BCUT2D eigenvalue weighted by Crippen LogP contribution is 2.41. The number of thiophene rings is 1. The number of nitrogens with zero attached hydrogens (tertiary/aromatic N) is 1. The minimum absolute atomic E-state index is 0.230. The van der Waals surface area contributed by atoms with Crippen LogP contribution in [0.15, 0.2) is 16.3 Å². The van der Waals surface area contributed by atoms with E-state index in [1.165, 1.54) is 17.8 Å². The van der Waals surface area contributed by atoms with Gasteiger partial charge in [-0.15, -0.1) is 22.9 Å². The Balaban J connectivity index is 1.96. The van der Waals surface area contributed by atoms with E-state index in [-0.39, 0.29) is 11.9 Å². The maximum absolute atomic E-state index is 12.5. The third kappa shape index (κ3) is 1.84. The van der Waals surface area contributed by atoms with E-state index in [4.69, 9.17) is 11.6 Å². The molecule has 0 amide bonds. The molecule has 0 spiro atoms. The topological polar surface area (TPSA) is 37.4 Å². The first-order chi connectivity index (χ1) is 8.13. The molecule has 6 heteroatoms. The summed E-state index contributed by atoms with van der Waals surface area (Å²) in [5, 5.41) is 1.80. The van der Waals surface area contributed by atoms with Crippen molar-refractivity contribution in [2.45, 2.75) is 36.1 Å². The van der Waals surface area contributed by atoms with Crippen LogP contribution >= 0.6 is 22.9 Å². The predicted octanol–water partition coefficient (Wildman–Crippen LogP) is 2.66. The molecule has 3 nitrogen and oxygen atoms in total. The zero-order chi connectivity index (χ0) is 12.0. The number of piperidine rings is 1. The molecule has 94 valence electrons. The highest BCUT2D eigenvalue weighted by molar-refractivity contribution is 7.89. The smallest absolute Gasteiger partial charge is 0.207 e. The van der Waals surface area contributed by atoms with Crippen LogP contribution in [0.5, 0.6) is 0 Å². The van der Waals surface area contributed by atoms with Gasteiger partial charge in [-0.1, -0.05) is 0 Å². The molecule has 1 aromatic heterocycles. The first kappa shape index (κ1) is 12.0. The van der Waals surface area contributed by atoms with Gasteiger partial charge in [-0.05, 0) is 36.6 Å². The van der Waals surface area contributed by atoms with Crippen LogP contribution in [-0.2, 0) is 15.9 Å². The van der Waals surface area contributed by atoms with Crippen molar-refractivity contribution >= 4 is 33.0 Å². The van der Waals surface area contributed by atoms with Gasteiger partial charge in [0.15, 0.2) is 0 Å². The van der Waals surface area contributed by atoms with Gasteiger partial charge >= 0.3 is 0 Å². The second-order valence-corrected chi connectivity index (χ2v) is 7.88. The van der Waals surface area contributed by atoms with Crippen LogP contribution in [0.4, 0.5) is 0 Å². The summed E-state index contributed by atoms with van der Waals surface area (Å²) in [6.45, 7) is 0.699. The van der Waals surface area contributed by atoms with Gasteiger partial charge in [0.25, 0.3) is 0 Å². The van der Waals surface area contributed by atoms with Crippen molar-refractivity contribution in [3.8, 4) is 0 Å². The van der Waals surface area contributed by atoms with E-state index < -0.39 is 10.0 Å². The molecule has 1 saturated carbocycles. The quantitative estimate of drug-likeness (QED) is 0.803. The Hall–Kier alpha value is -0.100. The fraction of sp³-hybridized carbons (Fsp3) is 0.636. The van der Waals surface area contributed by atoms with E-state index in [0.717, 1.165) is 17.7 Å². The second kappa shape index (κ2) is 4.23. The van der Waals surface area contributed by atoms with Crippen LogP contribution in [0, 0.1) is 5.92 Å². The highest BCUT2D eigenvalue weighted by Gasteiger charge is 2.44. The standard InChI is InChI=1S/C11H14ClNO2S2/c12-6-10-11(3-4-16-10)17(14,15)13-7-8-1-2-9(13)5-8/h3-4,8-9H,1-2,5-7H2. The van der Waals surface area contributed by atoms with E-state index in [1.807, 2.05) is 0 Å². The summed E-state index contributed by atoms with van der Waals surface area (Å²) in [5.74, 6) is 0.849. The van der Waals surface area contributed by atoms with Gasteiger partial charge in [0.2, 0.25) is 10.0 Å². The zero-order valence-electron chi connectivity index (χ0n) is 9.30. The summed E-state index contributed by atoms with van der Waals surface area (Å²) in [6.07, 6.45) is 3.24. The lowest BCUT2D eigenvalue weighted by molar-refractivity contribution is 0.333. The summed E-state index contributed by atoms with van der Waals surface area (Å²) in [4.78, 5) is 1.18. The molecule has 2 bridgehead atoms. The average Bonchev–Trinajstić information content (AvgIpc) is 3.04. The van der Waals surface area contributed by atoms with Gasteiger partial charge in [0, 0.05) is 17.5 Å². The van der Waals surface area contributed by atoms with E-state index >= 15 is 0 Å². The maximum atomic E-state index is 12.5. The molecule has 1 saturated heterocycles. The number of alkyl halides is 1. The van der Waals surface area contributed by atoms with Crippen molar-refractivity contribution in [1.29, 1.82) is 0 Å². The third-order valence-corrected chi connectivity index (χ3v) is 7.25. The first-order valence-electron chi connectivity index (χ1n) is 5.77. The van der Waals surface area contributed by atoms with Crippen LogP contribution in [0.2, 0.25) is 0 Å². The number of halogens is 1. The number of hydrogen-bond donors (Lipinski definition) is 0. The van der Waals surface area contributed by atoms with Gasteiger partial charge in [-0.25, -0.2) is 8.42 Å². The molecule has 0 N–H and O–H groups in total. The minimum Gasteiger partial charge on any atom is -0.207 e. The van der Waals surface area contributed by atoms with Crippen molar-refractivity contribution in [2.24, 2.45) is 5.92 Å². The van der Waals surface area contributed by atoms with Crippen LogP contribution < -0.4 is 0 Å². The van der Waals surface area contributed by atoms with E-state index in [0.29, 0.717) is 17.4 Å². The number of rotatable bonds is 3. The molecule has 2 atom stereocenters. The molecule has 0 radical (unpaired) electrons. The summed E-state index contributed by atoms with van der Waals surface area (Å²) in [7, 11) is -3.31. The van der Waals surface area contributed by atoms with E-state index in [1.54, 1.807) is 15.8 Å². The minimum atomic E-state index is -3.31. The van der Waals surface area contributed by atoms with Crippen molar-refractivity contribution in [3.63, 3.8) is 0 Å². The Morgan fingerprint density at radius 2 is 2.29 bits per heavy atom. The molecule has 2 heterocycles. The summed E-state index contributed by atoms with van der Waals surface area (Å²) in [6, 6.07) is 1.91. The van der Waals surface area contributed by atoms with Gasteiger partial charge < -0.3 is 0 Å². The van der Waals surface area contributed by atoms with E-state index in [2.05, 4.69) is 0 Å². The lowest BCUT2D eigenvalue weighted by atomic mass is 10.1. The van der Waals surface area contributed by atoms with Crippen LogP contribution in [0.3, 0.4) is 0 Å².